The van der Waals surface area contributed by atoms with Crippen LogP contribution in [0.5, 0.6) is 0 Å². The average molecular weight is 907 g/mol. The third-order valence-electron chi connectivity index (χ3n) is 7.61. The number of alkyl halides is 12. The van der Waals surface area contributed by atoms with Gasteiger partial charge < -0.3 is 0 Å². The van der Waals surface area contributed by atoms with E-state index in [1.54, 1.807) is 0 Å². The lowest BCUT2D eigenvalue weighted by Crippen LogP contribution is -2.42. The molecule has 0 spiro atoms. The van der Waals surface area contributed by atoms with E-state index in [-0.39, 0.29) is 5.56 Å². The van der Waals surface area contributed by atoms with Crippen molar-refractivity contribution in [2.45, 2.75) is 58.6 Å². The predicted molar refractivity (Wildman–Crippen MR) is 156 cm³/mol. The average Bonchev–Trinajstić information content (AvgIpc) is 3.18. The fraction of sp³-hybridized carbons (Fsp3) is 0.478. The minimum atomic E-state index is -5.90. The molecule has 0 radical (unpaired) electrons. The normalized spacial score (nSPS) is 28.4. The second-order valence-corrected chi connectivity index (χ2v) is 24.8. The maximum absolute atomic E-state index is 13.2. The highest BCUT2D eigenvalue weighted by molar-refractivity contribution is 8.14. The molecule has 30 heteroatoms. The molecular weight excluding hydrogens is 889 g/mol. The highest BCUT2D eigenvalue weighted by atomic mass is 32.3. The van der Waals surface area contributed by atoms with Crippen molar-refractivity contribution in [1.82, 2.24) is 0 Å². The van der Waals surface area contributed by atoms with Gasteiger partial charge in [-0.05, 0) is 18.1 Å². The van der Waals surface area contributed by atoms with Gasteiger partial charge in [-0.1, -0.05) is 60.7 Å². The first-order valence-electron chi connectivity index (χ1n) is 13.1. The monoisotopic (exact) mass is 906 g/mol. The maximum atomic E-state index is 13.2. The van der Waals surface area contributed by atoms with Gasteiger partial charge in [0.2, 0.25) is 63.6 Å². The summed E-state index contributed by atoms with van der Waals surface area (Å²) in [5.74, 6) is 0. The predicted octanol–water partition coefficient (Wildman–Crippen LogP) is 3.66. The highest BCUT2D eigenvalue weighted by Crippen LogP contribution is 2.59. The summed E-state index contributed by atoms with van der Waals surface area (Å²) in [6.07, 6.45) is -0.948. The van der Waals surface area contributed by atoms with Gasteiger partial charge in [-0.2, -0.15) is 52.7 Å². The molecule has 0 aliphatic carbocycles. The smallest absolute Gasteiger partial charge is 0.221 e. The minimum Gasteiger partial charge on any atom is -0.221 e. The largest absolute Gasteiger partial charge is 0.423 e. The van der Waals surface area contributed by atoms with Gasteiger partial charge in [0.1, 0.15) is 0 Å². The maximum Gasteiger partial charge on any atom is 0.423 e. The zero-order valence-electron chi connectivity index (χ0n) is 25.1. The van der Waals surface area contributed by atoms with Crippen LogP contribution in [0.15, 0.2) is 60.7 Å². The number of sulfone groups is 6. The third kappa shape index (κ3) is 5.77. The van der Waals surface area contributed by atoms with E-state index in [1.165, 1.54) is 36.4 Å². The molecule has 5 rings (SSSR count). The second-order valence-electron chi connectivity index (χ2n) is 10.8. The summed E-state index contributed by atoms with van der Waals surface area (Å²) in [7, 11) is -34.9. The summed E-state index contributed by atoms with van der Waals surface area (Å²) < 4.78 is 281. The number of rotatable bonds is 3. The molecule has 0 bridgehead atoms. The molecule has 3 fully saturated rings. The molecule has 302 valence electrons. The highest BCUT2D eigenvalue weighted by Gasteiger charge is 2.85. The fourth-order valence-electron chi connectivity index (χ4n) is 4.50. The van der Waals surface area contributed by atoms with Crippen molar-refractivity contribution in [1.29, 1.82) is 0 Å². The Hall–Kier alpha value is -2.70. The van der Waals surface area contributed by atoms with Crippen LogP contribution in [-0.2, 0) is 65.4 Å². The molecule has 12 nitrogen and oxygen atoms in total. The van der Waals surface area contributed by atoms with E-state index in [9.17, 15) is 103 Å². The van der Waals surface area contributed by atoms with Crippen molar-refractivity contribution in [3.63, 3.8) is 0 Å². The summed E-state index contributed by atoms with van der Waals surface area (Å²) in [4.78, 5) is 0. The zero-order valence-corrected chi connectivity index (χ0v) is 30.0. The first-order valence-corrected chi connectivity index (χ1v) is 22.4. The summed E-state index contributed by atoms with van der Waals surface area (Å²) in [6.45, 7) is 0.291. The van der Waals surface area contributed by atoms with Crippen LogP contribution in [0, 0.1) is 0 Å². The molecule has 0 aromatic heterocycles. The van der Waals surface area contributed by atoms with Crippen LogP contribution in [0.2, 0.25) is 0 Å². The summed E-state index contributed by atoms with van der Waals surface area (Å²) >= 11 is 0. The van der Waals surface area contributed by atoms with Crippen molar-refractivity contribution in [3.8, 4) is 0 Å². The molecule has 2 aromatic carbocycles. The molecule has 53 heavy (non-hydrogen) atoms. The first kappa shape index (κ1) is 44.7. The van der Waals surface area contributed by atoms with Crippen LogP contribution in [0.4, 0.5) is 52.7 Å². The Balaban J connectivity index is 0.000000218. The van der Waals surface area contributed by atoms with E-state index in [0.29, 0.717) is 6.92 Å². The van der Waals surface area contributed by atoms with Gasteiger partial charge >= 0.3 is 31.5 Å². The number of hydrogen-bond acceptors (Lipinski definition) is 12. The van der Waals surface area contributed by atoms with Crippen LogP contribution in [0.3, 0.4) is 0 Å². The number of halogens is 12. The zero-order chi connectivity index (χ0) is 41.7. The summed E-state index contributed by atoms with van der Waals surface area (Å²) in [5.41, 5.74) is -0.586. The molecule has 3 aliphatic heterocycles. The van der Waals surface area contributed by atoms with Gasteiger partial charge in [0.05, 0.1) is 0 Å². The topological polar surface area (TPSA) is 205 Å². The SMILES string of the molecule is CC1S(=O)(=O)C(F)(F)C(F)(F)S1(=O)=O.O=S1(=O)C(Cc2ccccc2)S(=O)(=O)C(F)(F)C1(F)F.O=S1(=O)C(c2ccccc2)S(=O)(=O)C(F)(F)C1(F)F. The lowest BCUT2D eigenvalue weighted by atomic mass is 10.2. The Morgan fingerprint density at radius 2 is 0.679 bits per heavy atom. The Bertz CT molecular complexity index is 2310. The van der Waals surface area contributed by atoms with E-state index >= 15 is 0 Å². The van der Waals surface area contributed by atoms with Crippen molar-refractivity contribution in [3.05, 3.63) is 71.8 Å². The van der Waals surface area contributed by atoms with E-state index in [1.807, 2.05) is 0 Å². The van der Waals surface area contributed by atoms with Crippen LogP contribution >= 0.6 is 0 Å². The molecule has 3 aliphatic rings. The molecule has 0 saturated carbocycles. The van der Waals surface area contributed by atoms with Crippen molar-refractivity contribution in [2.75, 3.05) is 0 Å². The quantitative estimate of drug-likeness (QED) is 0.405. The van der Waals surface area contributed by atoms with Gasteiger partial charge in [-0.15, -0.1) is 0 Å². The Morgan fingerprint density at radius 3 is 0.962 bits per heavy atom. The lowest BCUT2D eigenvalue weighted by molar-refractivity contribution is -0.0920. The van der Waals surface area contributed by atoms with Gasteiger partial charge in [-0.3, -0.25) is 0 Å². The molecule has 0 N–H and O–H groups in total. The summed E-state index contributed by atoms with van der Waals surface area (Å²) in [6, 6.07) is 12.3. The van der Waals surface area contributed by atoms with Gasteiger partial charge in [-0.25, -0.2) is 50.5 Å². The van der Waals surface area contributed by atoms with Gasteiger partial charge in [0.15, 0.2) is 9.16 Å². The molecular formula is C23H18F12O12S6. The molecule has 0 atom stereocenters. The van der Waals surface area contributed by atoms with Crippen LogP contribution in [-0.4, -0.2) is 91.2 Å². The van der Waals surface area contributed by atoms with Crippen LogP contribution < -0.4 is 0 Å². The standard InChI is InChI=1S/C10H8F4O4S2.C9H6F4O4S2.C4H4F4O4S2/c11-9(12)10(13,14)20(17,18)8(19(9,15)16)6-7-4-2-1-3-5-7;10-8(11)9(12,13)19(16,17)7(18(8,14)15)6-4-2-1-3-5-6;1-2-13(9,10)3(5,6)4(7,8)14(2,11)12/h1-5,8H,6H2;1-5,7H;2H,1H3. The van der Waals surface area contributed by atoms with Crippen molar-refractivity contribution in [2.24, 2.45) is 0 Å². The molecule has 3 saturated heterocycles. The molecule has 0 unspecified atom stereocenters. The Labute approximate surface area is 291 Å². The Kier molecular flexibility index (Phi) is 10.7. The third-order valence-corrected chi connectivity index (χ3v) is 23.5. The number of hydrogen-bond donors (Lipinski definition) is 0. The van der Waals surface area contributed by atoms with Crippen LogP contribution in [0.25, 0.3) is 0 Å². The second kappa shape index (κ2) is 12.7. The Morgan fingerprint density at radius 1 is 0.415 bits per heavy atom. The van der Waals surface area contributed by atoms with E-state index in [2.05, 4.69) is 0 Å². The van der Waals surface area contributed by atoms with Crippen LogP contribution in [0.1, 0.15) is 22.6 Å². The van der Waals surface area contributed by atoms with E-state index in [4.69, 9.17) is 0 Å². The summed E-state index contributed by atoms with van der Waals surface area (Å²) in [5, 5.41) is -33.7. The van der Waals surface area contributed by atoms with Crippen molar-refractivity contribution >= 4 is 59.0 Å². The van der Waals surface area contributed by atoms with E-state index < -0.39 is 116 Å². The number of benzene rings is 2. The van der Waals surface area contributed by atoms with Crippen molar-refractivity contribution < 1.29 is 103 Å². The molecule has 0 amide bonds. The molecule has 3 heterocycles. The molecule has 2 aromatic rings. The lowest BCUT2D eigenvalue weighted by Gasteiger charge is -2.14. The minimum absolute atomic E-state index is 0.0538. The van der Waals surface area contributed by atoms with Gasteiger partial charge in [0, 0.05) is 6.42 Å². The van der Waals surface area contributed by atoms with E-state index in [0.717, 1.165) is 24.3 Å². The fourth-order valence-corrected chi connectivity index (χ4v) is 18.6. The van der Waals surface area contributed by atoms with Gasteiger partial charge in [0.25, 0.3) is 0 Å². The first-order chi connectivity index (χ1) is 23.3.